The molecule has 0 amide bonds. The number of para-hydroxylation sites is 4. The van der Waals surface area contributed by atoms with Gasteiger partial charge in [-0.1, -0.05) is 72.8 Å². The largest absolute Gasteiger partial charge is 0.320 e. The second-order valence-electron chi connectivity index (χ2n) is 8.21. The molecular weight excluding hydrogens is 416 g/mol. The van der Waals surface area contributed by atoms with Crippen LogP contribution in [0, 0.1) is 0 Å². The lowest BCUT2D eigenvalue weighted by molar-refractivity contribution is 0.981. The highest BCUT2D eigenvalue weighted by Gasteiger charge is 2.30. The van der Waals surface area contributed by atoms with Crippen molar-refractivity contribution in [2.24, 2.45) is 0 Å². The van der Waals surface area contributed by atoms with E-state index < -0.39 is 0 Å². The van der Waals surface area contributed by atoms with Gasteiger partial charge < -0.3 is 14.7 Å². The van der Waals surface area contributed by atoms with Crippen LogP contribution >= 0.6 is 0 Å². The zero-order valence-corrected chi connectivity index (χ0v) is 18.7. The first kappa shape index (κ1) is 20.1. The summed E-state index contributed by atoms with van der Waals surface area (Å²) < 4.78 is 0. The Kier molecular flexibility index (Phi) is 5.17. The van der Waals surface area contributed by atoms with E-state index >= 15 is 0 Å². The molecular formula is C30H24N4. The van der Waals surface area contributed by atoms with Crippen molar-refractivity contribution in [1.29, 1.82) is 0 Å². The summed E-state index contributed by atoms with van der Waals surface area (Å²) in [5, 5.41) is 0. The topological polar surface area (TPSA) is 22.6 Å². The number of benzene rings is 4. The van der Waals surface area contributed by atoms with Crippen LogP contribution in [0.5, 0.6) is 0 Å². The van der Waals surface area contributed by atoms with Crippen LogP contribution in [-0.2, 0) is 0 Å². The smallest absolute Gasteiger partial charge is 0.158 e. The van der Waals surface area contributed by atoms with Gasteiger partial charge in [-0.25, -0.2) is 4.98 Å². The summed E-state index contributed by atoms with van der Waals surface area (Å²) in [6, 6.07) is 44.1. The van der Waals surface area contributed by atoms with Crippen molar-refractivity contribution in [2.75, 3.05) is 21.4 Å². The van der Waals surface area contributed by atoms with E-state index in [1.165, 1.54) is 0 Å². The minimum Gasteiger partial charge on any atom is -0.320 e. The highest BCUT2D eigenvalue weighted by Crippen LogP contribution is 2.46. The Hall–Kier alpha value is -4.57. The average molecular weight is 441 g/mol. The highest BCUT2D eigenvalue weighted by molar-refractivity contribution is 5.88. The van der Waals surface area contributed by atoms with E-state index in [1.54, 1.807) is 0 Å². The summed E-state index contributed by atoms with van der Waals surface area (Å²) in [4.78, 5) is 11.9. The summed E-state index contributed by atoms with van der Waals surface area (Å²) in [6.07, 6.45) is 1.98. The molecule has 4 heteroatoms. The minimum atomic E-state index is 0.705. The molecule has 0 spiro atoms. The third kappa shape index (κ3) is 3.65. The molecule has 0 unspecified atom stereocenters. The molecule has 34 heavy (non-hydrogen) atoms. The number of hydrogen-bond acceptors (Lipinski definition) is 4. The van der Waals surface area contributed by atoms with E-state index in [4.69, 9.17) is 4.98 Å². The van der Waals surface area contributed by atoms with Gasteiger partial charge >= 0.3 is 0 Å². The summed E-state index contributed by atoms with van der Waals surface area (Å²) >= 11 is 0. The molecule has 2 heterocycles. The van der Waals surface area contributed by atoms with E-state index in [-0.39, 0.29) is 0 Å². The average Bonchev–Trinajstić information content (AvgIpc) is 3.30. The second-order valence-corrected chi connectivity index (χ2v) is 8.21. The maximum atomic E-state index is 5.01. The van der Waals surface area contributed by atoms with Crippen LogP contribution in [0.3, 0.4) is 0 Å². The van der Waals surface area contributed by atoms with Crippen molar-refractivity contribution in [3.8, 4) is 0 Å². The maximum Gasteiger partial charge on any atom is 0.158 e. The predicted octanol–water partition coefficient (Wildman–Crippen LogP) is 7.80. The van der Waals surface area contributed by atoms with Gasteiger partial charge in [0, 0.05) is 22.7 Å². The zero-order valence-electron chi connectivity index (χ0n) is 18.7. The van der Waals surface area contributed by atoms with Gasteiger partial charge in [0.25, 0.3) is 0 Å². The number of anilines is 7. The first-order valence-electron chi connectivity index (χ1n) is 11.4. The van der Waals surface area contributed by atoms with Crippen molar-refractivity contribution in [2.45, 2.75) is 0 Å². The van der Waals surface area contributed by atoms with Crippen molar-refractivity contribution in [3.63, 3.8) is 0 Å². The van der Waals surface area contributed by atoms with Crippen LogP contribution in [0.25, 0.3) is 0 Å². The van der Waals surface area contributed by atoms with E-state index in [1.807, 2.05) is 24.4 Å². The number of aromatic nitrogens is 1. The maximum absolute atomic E-state index is 5.01. The first-order chi connectivity index (χ1) is 16.9. The standard InChI is InChI=1S/C30H24N4/c1-5-13-24(14-6-1)32-23-33(25-15-7-2-8-16-25)30-29(32)21-28(22-31-30)34(26-17-9-3-10-18-26)27-19-11-4-12-20-27/h1-22H,23H2. The Morgan fingerprint density at radius 3 is 1.53 bits per heavy atom. The monoisotopic (exact) mass is 440 g/mol. The summed E-state index contributed by atoms with van der Waals surface area (Å²) in [5.41, 5.74) is 6.58. The summed E-state index contributed by atoms with van der Waals surface area (Å²) in [5.74, 6) is 0.958. The Bertz CT molecular complexity index is 1330. The third-order valence-electron chi connectivity index (χ3n) is 6.08. The van der Waals surface area contributed by atoms with Crippen molar-refractivity contribution in [3.05, 3.63) is 134 Å². The van der Waals surface area contributed by atoms with Gasteiger partial charge in [-0.05, 0) is 54.6 Å². The van der Waals surface area contributed by atoms with Gasteiger partial charge in [0.2, 0.25) is 0 Å². The Morgan fingerprint density at radius 2 is 1.00 bits per heavy atom. The number of hydrogen-bond donors (Lipinski definition) is 0. The molecule has 1 aromatic heterocycles. The van der Waals surface area contributed by atoms with Gasteiger partial charge in [-0.15, -0.1) is 0 Å². The molecule has 4 aromatic carbocycles. The quantitative estimate of drug-likeness (QED) is 0.278. The first-order valence-corrected chi connectivity index (χ1v) is 11.4. The third-order valence-corrected chi connectivity index (χ3v) is 6.08. The molecule has 0 fully saturated rings. The van der Waals surface area contributed by atoms with Gasteiger partial charge in [0.05, 0.1) is 17.6 Å². The molecule has 5 aromatic rings. The van der Waals surface area contributed by atoms with E-state index in [0.717, 1.165) is 39.9 Å². The van der Waals surface area contributed by atoms with Crippen molar-refractivity contribution < 1.29 is 0 Å². The number of nitrogens with zero attached hydrogens (tertiary/aromatic N) is 4. The molecule has 164 valence electrons. The van der Waals surface area contributed by atoms with Gasteiger partial charge in [-0.3, -0.25) is 0 Å². The Balaban J connectivity index is 1.51. The molecule has 6 rings (SSSR count). The lowest BCUT2D eigenvalue weighted by Gasteiger charge is -2.26. The molecule has 0 atom stereocenters. The molecule has 0 saturated carbocycles. The SMILES string of the molecule is c1ccc(N2CN(c3ccccc3)c3ncc(N(c4ccccc4)c4ccccc4)cc32)cc1. The molecule has 0 N–H and O–H groups in total. The fourth-order valence-electron chi connectivity index (χ4n) is 4.49. The Morgan fingerprint density at radius 1 is 0.529 bits per heavy atom. The lowest BCUT2D eigenvalue weighted by atomic mass is 10.2. The normalized spacial score (nSPS) is 12.5. The fraction of sp³-hybridized carbons (Fsp3) is 0.0333. The van der Waals surface area contributed by atoms with Crippen LogP contribution < -0.4 is 14.7 Å². The molecule has 4 nitrogen and oxygen atoms in total. The van der Waals surface area contributed by atoms with Crippen LogP contribution in [-0.4, -0.2) is 11.7 Å². The van der Waals surface area contributed by atoms with E-state index in [2.05, 4.69) is 124 Å². The van der Waals surface area contributed by atoms with Crippen LogP contribution in [0.4, 0.5) is 39.9 Å². The number of fused-ring (bicyclic) bond motifs is 1. The highest BCUT2D eigenvalue weighted by atomic mass is 15.4. The predicted molar refractivity (Wildman–Crippen MR) is 141 cm³/mol. The van der Waals surface area contributed by atoms with E-state index in [9.17, 15) is 0 Å². The Labute approximate surface area is 200 Å². The van der Waals surface area contributed by atoms with Crippen molar-refractivity contribution in [1.82, 2.24) is 4.98 Å². The second kappa shape index (κ2) is 8.75. The molecule has 0 aliphatic carbocycles. The lowest BCUT2D eigenvalue weighted by Crippen LogP contribution is -2.24. The van der Waals surface area contributed by atoms with Crippen molar-refractivity contribution >= 4 is 39.9 Å². The zero-order chi connectivity index (χ0) is 22.7. The van der Waals surface area contributed by atoms with Crippen LogP contribution in [0.2, 0.25) is 0 Å². The molecule has 0 bridgehead atoms. The summed E-state index contributed by atoms with van der Waals surface area (Å²) in [7, 11) is 0. The number of pyridine rings is 1. The van der Waals surface area contributed by atoms with Crippen LogP contribution in [0.15, 0.2) is 134 Å². The van der Waals surface area contributed by atoms with Gasteiger partial charge in [0.15, 0.2) is 5.82 Å². The fourth-order valence-corrected chi connectivity index (χ4v) is 4.49. The van der Waals surface area contributed by atoms with Crippen LogP contribution in [0.1, 0.15) is 0 Å². The molecule has 0 saturated heterocycles. The van der Waals surface area contributed by atoms with Gasteiger partial charge in [0.1, 0.15) is 6.67 Å². The summed E-state index contributed by atoms with van der Waals surface area (Å²) in [6.45, 7) is 0.705. The molecule has 1 aliphatic heterocycles. The van der Waals surface area contributed by atoms with E-state index in [0.29, 0.717) is 6.67 Å². The number of rotatable bonds is 5. The molecule has 0 radical (unpaired) electrons. The molecule has 1 aliphatic rings. The van der Waals surface area contributed by atoms with Gasteiger partial charge in [-0.2, -0.15) is 0 Å². The minimum absolute atomic E-state index is 0.705.